The van der Waals surface area contributed by atoms with Gasteiger partial charge in [-0.05, 0) is 41.2 Å². The molecule has 6 heteroatoms. The second-order valence-electron chi connectivity index (χ2n) is 7.62. The van der Waals surface area contributed by atoms with E-state index in [1.165, 1.54) is 21.5 Å². The van der Waals surface area contributed by atoms with Gasteiger partial charge >= 0.3 is 0 Å². The van der Waals surface area contributed by atoms with Crippen molar-refractivity contribution in [2.24, 2.45) is 5.73 Å². The molecular formula is C26H22N4OS. The zero-order chi connectivity index (χ0) is 22.8. The Balaban J connectivity index is 1.97. The fourth-order valence-corrected chi connectivity index (χ4v) is 5.06. The highest BCUT2D eigenvalue weighted by Crippen LogP contribution is 2.35. The Kier molecular flexibility index (Phi) is 5.81. The maximum absolute atomic E-state index is 13.2. The summed E-state index contributed by atoms with van der Waals surface area (Å²) in [6, 6.07) is 20.2. The number of nitrogens with two attached hydrogens (primary N) is 1. The van der Waals surface area contributed by atoms with E-state index < -0.39 is 5.92 Å². The summed E-state index contributed by atoms with van der Waals surface area (Å²) in [5, 5.41) is 19.9. The lowest BCUT2D eigenvalue weighted by molar-refractivity contribution is 0.905. The standard InChI is InChI=1S/C26H22N4OS/c1-3-16-5-7-18(8-6-16)13-22-25(31)30-24(29)20(14-27)23(21(15-28)26(30)32-22)19-11-9-17(4-2)10-12-19/h5-13,23H,3-4,29H2,1-2H3/t23-/m1/s1. The summed E-state index contributed by atoms with van der Waals surface area (Å²) in [6.07, 6.45) is 3.64. The lowest BCUT2D eigenvalue weighted by atomic mass is 9.84. The molecule has 0 bridgehead atoms. The van der Waals surface area contributed by atoms with Gasteiger partial charge in [0.1, 0.15) is 10.5 Å². The summed E-state index contributed by atoms with van der Waals surface area (Å²) in [6.45, 7) is 4.16. The van der Waals surface area contributed by atoms with E-state index in [0.717, 1.165) is 29.5 Å². The second-order valence-corrected chi connectivity index (χ2v) is 8.65. The molecule has 2 aromatic carbocycles. The predicted molar refractivity (Wildman–Crippen MR) is 128 cm³/mol. The SMILES string of the molecule is CCc1ccc(C=c2sc3n(c2=O)C(N)=C(C#N)[C@@H](c2ccc(CC)cc2)C=3C#N)cc1. The minimum atomic E-state index is -0.592. The summed E-state index contributed by atoms with van der Waals surface area (Å²) < 4.78 is 2.26. The molecule has 0 spiro atoms. The van der Waals surface area contributed by atoms with Crippen LogP contribution in [-0.2, 0) is 12.8 Å². The molecule has 2 N–H and O–H groups in total. The number of fused-ring (bicyclic) bond motifs is 1. The summed E-state index contributed by atoms with van der Waals surface area (Å²) in [4.78, 5) is 13.2. The fraction of sp³-hybridized carbons (Fsp3) is 0.192. The first-order valence-electron chi connectivity index (χ1n) is 10.5. The lowest BCUT2D eigenvalue weighted by Gasteiger charge is -2.22. The third-order valence-corrected chi connectivity index (χ3v) is 6.90. The van der Waals surface area contributed by atoms with Crippen molar-refractivity contribution in [3.05, 3.63) is 95.9 Å². The molecule has 32 heavy (non-hydrogen) atoms. The lowest BCUT2D eigenvalue weighted by Crippen LogP contribution is -2.38. The molecular weight excluding hydrogens is 416 g/mol. The number of rotatable bonds is 4. The molecule has 0 fully saturated rings. The molecule has 1 aromatic heterocycles. The Bertz CT molecular complexity index is 1470. The number of benzene rings is 2. The van der Waals surface area contributed by atoms with Crippen molar-refractivity contribution in [3.63, 3.8) is 0 Å². The number of aryl methyl sites for hydroxylation is 2. The number of aromatic nitrogens is 1. The first-order chi connectivity index (χ1) is 15.5. The summed E-state index contributed by atoms with van der Waals surface area (Å²) in [7, 11) is 0. The Hall–Kier alpha value is -3.87. The zero-order valence-corrected chi connectivity index (χ0v) is 18.7. The predicted octanol–water partition coefficient (Wildman–Crippen LogP) is 2.99. The summed E-state index contributed by atoms with van der Waals surface area (Å²) in [5.74, 6) is -0.501. The highest BCUT2D eigenvalue weighted by molar-refractivity contribution is 7.07. The van der Waals surface area contributed by atoms with Crippen LogP contribution >= 0.6 is 11.3 Å². The van der Waals surface area contributed by atoms with Crippen molar-refractivity contribution in [1.82, 2.24) is 4.57 Å². The molecule has 0 amide bonds. The van der Waals surface area contributed by atoms with Crippen LogP contribution in [0, 0.1) is 22.7 Å². The first-order valence-corrected chi connectivity index (χ1v) is 11.3. The normalized spacial score (nSPS) is 15.9. The molecule has 2 heterocycles. The highest BCUT2D eigenvalue weighted by atomic mass is 32.1. The number of allylic oxidation sites excluding steroid dienone is 1. The average Bonchev–Trinajstić information content (AvgIpc) is 3.15. The van der Waals surface area contributed by atoms with E-state index in [1.54, 1.807) is 6.08 Å². The number of nitriles is 2. The van der Waals surface area contributed by atoms with Gasteiger partial charge < -0.3 is 5.73 Å². The summed E-state index contributed by atoms with van der Waals surface area (Å²) >= 11 is 1.23. The minimum absolute atomic E-state index is 0.0910. The van der Waals surface area contributed by atoms with Crippen molar-refractivity contribution in [3.8, 4) is 12.1 Å². The van der Waals surface area contributed by atoms with Crippen molar-refractivity contribution in [1.29, 1.82) is 10.5 Å². The van der Waals surface area contributed by atoms with Gasteiger partial charge in [-0.3, -0.25) is 9.36 Å². The molecule has 1 aliphatic rings. The van der Waals surface area contributed by atoms with Crippen LogP contribution in [0.1, 0.15) is 42.0 Å². The molecule has 0 saturated heterocycles. The number of hydrogen-bond acceptors (Lipinski definition) is 5. The molecule has 4 rings (SSSR count). The van der Waals surface area contributed by atoms with E-state index in [0.29, 0.717) is 14.8 Å². The molecule has 0 saturated carbocycles. The molecule has 158 valence electrons. The van der Waals surface area contributed by atoms with E-state index in [2.05, 4.69) is 26.0 Å². The maximum atomic E-state index is 13.2. The third-order valence-electron chi connectivity index (χ3n) is 5.80. The Morgan fingerprint density at radius 3 is 2.06 bits per heavy atom. The molecule has 3 aromatic rings. The van der Waals surface area contributed by atoms with Crippen molar-refractivity contribution < 1.29 is 0 Å². The maximum Gasteiger partial charge on any atom is 0.274 e. The minimum Gasteiger partial charge on any atom is -0.384 e. The van der Waals surface area contributed by atoms with Crippen LogP contribution in [0.5, 0.6) is 0 Å². The quantitative estimate of drug-likeness (QED) is 0.677. The van der Waals surface area contributed by atoms with Crippen LogP contribution in [-0.4, -0.2) is 4.57 Å². The Labute approximate surface area is 190 Å². The van der Waals surface area contributed by atoms with Crippen molar-refractivity contribution >= 4 is 28.8 Å². The molecule has 0 radical (unpaired) electrons. The van der Waals surface area contributed by atoms with E-state index in [-0.39, 0.29) is 17.0 Å². The number of hydrogen-bond donors (Lipinski definition) is 1. The van der Waals surface area contributed by atoms with Gasteiger partial charge in [0.25, 0.3) is 5.56 Å². The van der Waals surface area contributed by atoms with Crippen LogP contribution in [0.3, 0.4) is 0 Å². The van der Waals surface area contributed by atoms with Crippen LogP contribution < -0.4 is 20.5 Å². The van der Waals surface area contributed by atoms with E-state index in [9.17, 15) is 15.3 Å². The van der Waals surface area contributed by atoms with Gasteiger partial charge in [0.15, 0.2) is 0 Å². The number of thiazole rings is 1. The van der Waals surface area contributed by atoms with Crippen LogP contribution in [0.2, 0.25) is 0 Å². The highest BCUT2D eigenvalue weighted by Gasteiger charge is 2.32. The molecule has 0 unspecified atom stereocenters. The molecule has 1 aliphatic heterocycles. The molecule has 5 nitrogen and oxygen atoms in total. The van der Waals surface area contributed by atoms with E-state index in [4.69, 9.17) is 5.73 Å². The average molecular weight is 439 g/mol. The third kappa shape index (κ3) is 3.56. The largest absolute Gasteiger partial charge is 0.384 e. The van der Waals surface area contributed by atoms with Crippen LogP contribution in [0.25, 0.3) is 17.5 Å². The van der Waals surface area contributed by atoms with Gasteiger partial charge in [0.2, 0.25) is 0 Å². The fourth-order valence-electron chi connectivity index (χ4n) is 3.93. The smallest absolute Gasteiger partial charge is 0.274 e. The second kappa shape index (κ2) is 8.70. The Morgan fingerprint density at radius 2 is 1.53 bits per heavy atom. The Morgan fingerprint density at radius 1 is 0.969 bits per heavy atom. The topological polar surface area (TPSA) is 95.6 Å². The van der Waals surface area contributed by atoms with Gasteiger partial charge in [-0.1, -0.05) is 62.4 Å². The van der Waals surface area contributed by atoms with E-state index >= 15 is 0 Å². The van der Waals surface area contributed by atoms with Gasteiger partial charge in [0, 0.05) is 0 Å². The van der Waals surface area contributed by atoms with Crippen LogP contribution in [0.15, 0.2) is 58.9 Å². The summed E-state index contributed by atoms with van der Waals surface area (Å²) in [5.41, 5.74) is 10.7. The van der Waals surface area contributed by atoms with E-state index in [1.807, 2.05) is 48.5 Å². The van der Waals surface area contributed by atoms with Gasteiger partial charge in [-0.2, -0.15) is 10.5 Å². The monoisotopic (exact) mass is 438 g/mol. The molecule has 1 atom stereocenters. The van der Waals surface area contributed by atoms with Crippen molar-refractivity contribution in [2.75, 3.05) is 0 Å². The van der Waals surface area contributed by atoms with Crippen LogP contribution in [0.4, 0.5) is 0 Å². The van der Waals surface area contributed by atoms with Gasteiger partial charge in [-0.25, -0.2) is 0 Å². The first kappa shape index (κ1) is 21.4. The molecule has 0 aliphatic carbocycles. The van der Waals surface area contributed by atoms with Gasteiger partial charge in [-0.15, -0.1) is 11.3 Å². The van der Waals surface area contributed by atoms with Crippen molar-refractivity contribution in [2.45, 2.75) is 32.6 Å². The number of nitrogens with zero attached hydrogens (tertiary/aromatic N) is 3. The van der Waals surface area contributed by atoms with Gasteiger partial charge in [0.05, 0.1) is 33.7 Å². The zero-order valence-electron chi connectivity index (χ0n) is 17.9.